The fourth-order valence-electron chi connectivity index (χ4n) is 4.59. The number of amides is 1. The predicted octanol–water partition coefficient (Wildman–Crippen LogP) is 6.90. The van der Waals surface area contributed by atoms with Crippen LogP contribution in [-0.4, -0.2) is 42.2 Å². The van der Waals surface area contributed by atoms with Crippen LogP contribution in [0.3, 0.4) is 0 Å². The Morgan fingerprint density at radius 3 is 2.67 bits per heavy atom. The Hall–Kier alpha value is -2.94. The SMILES string of the molecule is Cc1c(N2CC=CCO2)nc2ccc(Br)cc2c1C(=O)NCC(CCC(=O)OC(C)(C)C)c1ccccc1Cl. The van der Waals surface area contributed by atoms with Crippen LogP contribution in [0.4, 0.5) is 5.82 Å². The molecule has 2 heterocycles. The number of anilines is 1. The van der Waals surface area contributed by atoms with Gasteiger partial charge in [-0.3, -0.25) is 14.4 Å². The number of hydrogen-bond acceptors (Lipinski definition) is 6. The van der Waals surface area contributed by atoms with Crippen LogP contribution in [0, 0.1) is 6.92 Å². The molecule has 0 fully saturated rings. The minimum atomic E-state index is -0.565. The van der Waals surface area contributed by atoms with Crippen molar-refractivity contribution in [2.24, 2.45) is 0 Å². The number of nitrogens with zero attached hydrogens (tertiary/aromatic N) is 2. The number of esters is 1. The zero-order valence-electron chi connectivity index (χ0n) is 22.6. The summed E-state index contributed by atoms with van der Waals surface area (Å²) in [5.74, 6) is -0.106. The van der Waals surface area contributed by atoms with Gasteiger partial charge in [0.15, 0.2) is 5.82 Å². The Morgan fingerprint density at radius 1 is 1.21 bits per heavy atom. The summed E-state index contributed by atoms with van der Waals surface area (Å²) in [7, 11) is 0. The highest BCUT2D eigenvalue weighted by atomic mass is 79.9. The van der Waals surface area contributed by atoms with Crippen molar-refractivity contribution in [3.8, 4) is 0 Å². The molecule has 0 radical (unpaired) electrons. The van der Waals surface area contributed by atoms with E-state index >= 15 is 0 Å². The second-order valence-corrected chi connectivity index (χ2v) is 11.8. The van der Waals surface area contributed by atoms with Gasteiger partial charge in [-0.2, -0.15) is 0 Å². The highest BCUT2D eigenvalue weighted by molar-refractivity contribution is 9.10. The van der Waals surface area contributed by atoms with E-state index < -0.39 is 5.60 Å². The van der Waals surface area contributed by atoms with Gasteiger partial charge < -0.3 is 10.1 Å². The van der Waals surface area contributed by atoms with Crippen molar-refractivity contribution in [2.75, 3.05) is 24.8 Å². The lowest BCUT2D eigenvalue weighted by Crippen LogP contribution is -2.32. The van der Waals surface area contributed by atoms with Crippen LogP contribution in [0.1, 0.15) is 61.0 Å². The standard InChI is InChI=1S/C30H33BrClN3O4/c1-19-27(23-17-21(31)12-13-25(23)34-28(19)35-15-7-8-16-38-35)29(37)33-18-20(22-9-5-6-10-24(22)32)11-14-26(36)39-30(2,3)4/h5-10,12-13,17,20H,11,14-16,18H2,1-4H3,(H,33,37). The molecule has 2 aromatic carbocycles. The summed E-state index contributed by atoms with van der Waals surface area (Å²) in [5.41, 5.74) is 2.24. The molecule has 1 aliphatic rings. The number of halogens is 2. The molecule has 1 aliphatic heterocycles. The zero-order valence-corrected chi connectivity index (χ0v) is 24.9. The topological polar surface area (TPSA) is 80.8 Å². The average molecular weight is 615 g/mol. The van der Waals surface area contributed by atoms with Gasteiger partial charge in [-0.15, -0.1) is 0 Å². The summed E-state index contributed by atoms with van der Waals surface area (Å²) < 4.78 is 6.35. The van der Waals surface area contributed by atoms with E-state index in [0.29, 0.717) is 48.0 Å². The van der Waals surface area contributed by atoms with E-state index in [4.69, 9.17) is 26.2 Å². The quantitative estimate of drug-likeness (QED) is 0.220. The predicted molar refractivity (Wildman–Crippen MR) is 158 cm³/mol. The van der Waals surface area contributed by atoms with Crippen LogP contribution in [0.2, 0.25) is 5.02 Å². The molecule has 0 bridgehead atoms. The third-order valence-corrected chi connectivity index (χ3v) is 7.20. The van der Waals surface area contributed by atoms with Crippen molar-refractivity contribution in [1.82, 2.24) is 10.3 Å². The van der Waals surface area contributed by atoms with Gasteiger partial charge in [-0.25, -0.2) is 10.0 Å². The lowest BCUT2D eigenvalue weighted by Gasteiger charge is -2.27. The van der Waals surface area contributed by atoms with Crippen molar-refractivity contribution in [3.05, 3.63) is 80.8 Å². The van der Waals surface area contributed by atoms with Crippen LogP contribution in [-0.2, 0) is 14.4 Å². The summed E-state index contributed by atoms with van der Waals surface area (Å²) in [4.78, 5) is 36.9. The fraction of sp³-hybridized carbons (Fsp3) is 0.367. The maximum Gasteiger partial charge on any atom is 0.306 e. The first-order valence-corrected chi connectivity index (χ1v) is 14.1. The number of pyridine rings is 1. The smallest absolute Gasteiger partial charge is 0.306 e. The normalized spacial score (nSPS) is 14.4. The van der Waals surface area contributed by atoms with E-state index in [1.54, 1.807) is 5.06 Å². The molecule has 3 aromatic rings. The molecule has 39 heavy (non-hydrogen) atoms. The molecule has 0 saturated heterocycles. The number of carbonyl (C=O) groups is 2. The number of benzene rings is 2. The van der Waals surface area contributed by atoms with Crippen molar-refractivity contribution in [3.63, 3.8) is 0 Å². The molecule has 1 aromatic heterocycles. The van der Waals surface area contributed by atoms with Gasteiger partial charge in [-0.05, 0) is 63.9 Å². The number of aromatic nitrogens is 1. The zero-order chi connectivity index (χ0) is 28.2. The first-order chi connectivity index (χ1) is 18.5. The Bertz CT molecular complexity index is 1400. The van der Waals surface area contributed by atoms with E-state index in [1.165, 1.54) is 0 Å². The largest absolute Gasteiger partial charge is 0.460 e. The summed E-state index contributed by atoms with van der Waals surface area (Å²) in [6.45, 7) is 8.68. The summed E-state index contributed by atoms with van der Waals surface area (Å²) in [5, 5.41) is 6.15. The number of hydroxylamine groups is 1. The van der Waals surface area contributed by atoms with Gasteiger partial charge in [-0.1, -0.05) is 57.9 Å². The average Bonchev–Trinajstić information content (AvgIpc) is 2.88. The maximum absolute atomic E-state index is 13.8. The van der Waals surface area contributed by atoms with E-state index in [-0.39, 0.29) is 24.2 Å². The monoisotopic (exact) mass is 613 g/mol. The highest BCUT2D eigenvalue weighted by Crippen LogP contribution is 2.32. The summed E-state index contributed by atoms with van der Waals surface area (Å²) in [6.07, 6.45) is 4.63. The lowest BCUT2D eigenvalue weighted by atomic mass is 9.93. The molecule has 0 saturated carbocycles. The Morgan fingerprint density at radius 2 is 1.97 bits per heavy atom. The Kier molecular flexibility index (Phi) is 9.31. The van der Waals surface area contributed by atoms with Crippen molar-refractivity contribution >= 4 is 56.1 Å². The molecule has 4 rings (SSSR count). The van der Waals surface area contributed by atoms with Crippen molar-refractivity contribution in [2.45, 2.75) is 52.1 Å². The molecule has 0 aliphatic carbocycles. The molecule has 1 atom stereocenters. The molecular weight excluding hydrogens is 582 g/mol. The number of carbonyl (C=O) groups excluding carboxylic acids is 2. The molecule has 1 unspecified atom stereocenters. The number of rotatable bonds is 8. The molecule has 7 nitrogen and oxygen atoms in total. The fourth-order valence-corrected chi connectivity index (χ4v) is 5.24. The van der Waals surface area contributed by atoms with Gasteiger partial charge in [0.2, 0.25) is 0 Å². The summed E-state index contributed by atoms with van der Waals surface area (Å²) >= 11 is 10.1. The summed E-state index contributed by atoms with van der Waals surface area (Å²) in [6, 6.07) is 13.2. The number of ether oxygens (including phenoxy) is 1. The minimum absolute atomic E-state index is 0.189. The highest BCUT2D eigenvalue weighted by Gasteiger charge is 2.25. The van der Waals surface area contributed by atoms with Gasteiger partial charge in [0.05, 0.1) is 24.2 Å². The number of hydrogen-bond donors (Lipinski definition) is 1. The van der Waals surface area contributed by atoms with Gasteiger partial charge in [0, 0.05) is 39.3 Å². The second kappa shape index (κ2) is 12.5. The Balaban J connectivity index is 1.62. The third-order valence-electron chi connectivity index (χ3n) is 6.36. The molecular formula is C30H33BrClN3O4. The Labute approximate surface area is 242 Å². The molecule has 206 valence electrons. The van der Waals surface area contributed by atoms with Gasteiger partial charge in [0.25, 0.3) is 5.91 Å². The van der Waals surface area contributed by atoms with Crippen molar-refractivity contribution < 1.29 is 19.2 Å². The van der Waals surface area contributed by atoms with Gasteiger partial charge >= 0.3 is 5.97 Å². The van der Waals surface area contributed by atoms with E-state index in [9.17, 15) is 9.59 Å². The van der Waals surface area contributed by atoms with E-state index in [1.807, 2.05) is 82.3 Å². The molecule has 9 heteroatoms. The first kappa shape index (κ1) is 29.1. The van der Waals surface area contributed by atoms with Crippen LogP contribution in [0.5, 0.6) is 0 Å². The van der Waals surface area contributed by atoms with Crippen LogP contribution >= 0.6 is 27.5 Å². The molecule has 1 amide bonds. The van der Waals surface area contributed by atoms with E-state index in [2.05, 4.69) is 21.2 Å². The third kappa shape index (κ3) is 7.38. The van der Waals surface area contributed by atoms with Crippen molar-refractivity contribution in [1.29, 1.82) is 0 Å². The maximum atomic E-state index is 13.8. The van der Waals surface area contributed by atoms with Crippen LogP contribution in [0.25, 0.3) is 10.9 Å². The minimum Gasteiger partial charge on any atom is -0.460 e. The van der Waals surface area contributed by atoms with E-state index in [0.717, 1.165) is 21.0 Å². The molecule has 0 spiro atoms. The molecule has 1 N–H and O–H groups in total. The second-order valence-electron chi connectivity index (χ2n) is 10.5. The van der Waals surface area contributed by atoms with Crippen LogP contribution in [0.15, 0.2) is 59.1 Å². The first-order valence-electron chi connectivity index (χ1n) is 12.9. The lowest BCUT2D eigenvalue weighted by molar-refractivity contribution is -0.155. The van der Waals surface area contributed by atoms with Gasteiger partial charge in [0.1, 0.15) is 5.60 Å². The number of nitrogens with one attached hydrogen (secondary N) is 1. The van der Waals surface area contributed by atoms with Crippen LogP contribution < -0.4 is 10.4 Å². The number of fused-ring (bicyclic) bond motifs is 1.